The van der Waals surface area contributed by atoms with Gasteiger partial charge in [0.05, 0.1) is 12.6 Å². The van der Waals surface area contributed by atoms with Crippen molar-refractivity contribution in [2.75, 3.05) is 13.1 Å². The molecule has 180 valence electrons. The number of rotatable bonds is 8. The maximum absolute atomic E-state index is 12.6. The Hall–Kier alpha value is -2.64. The summed E-state index contributed by atoms with van der Waals surface area (Å²) in [5, 5.41) is 0. The number of H-pyrrole nitrogens is 1. The molecule has 2 heterocycles. The maximum Gasteiger partial charge on any atom is 0.328 e. The van der Waals surface area contributed by atoms with Crippen LogP contribution in [0.3, 0.4) is 0 Å². The zero-order valence-corrected chi connectivity index (χ0v) is 21.4. The lowest BCUT2D eigenvalue weighted by Crippen LogP contribution is -2.38. The molecule has 0 saturated carbocycles. The van der Waals surface area contributed by atoms with E-state index in [1.807, 2.05) is 50.2 Å². The van der Waals surface area contributed by atoms with Gasteiger partial charge in [-0.25, -0.2) is 4.79 Å². The summed E-state index contributed by atoms with van der Waals surface area (Å²) in [7, 11) is 0. The van der Waals surface area contributed by atoms with Gasteiger partial charge in [-0.3, -0.25) is 14.3 Å². The van der Waals surface area contributed by atoms with Gasteiger partial charge in [-0.2, -0.15) is 0 Å². The first kappa shape index (κ1) is 24.5. The van der Waals surface area contributed by atoms with Gasteiger partial charge in [0.15, 0.2) is 0 Å². The normalized spacial score (nSPS) is 15.1. The average molecular weight is 526 g/mol. The molecule has 1 aromatic heterocycles. The molecule has 1 fully saturated rings. The second-order valence-electron chi connectivity index (χ2n) is 9.35. The zero-order valence-electron chi connectivity index (χ0n) is 19.8. The molecule has 7 heteroatoms. The maximum atomic E-state index is 12.6. The van der Waals surface area contributed by atoms with Crippen molar-refractivity contribution in [2.45, 2.75) is 52.3 Å². The van der Waals surface area contributed by atoms with E-state index in [0.29, 0.717) is 18.2 Å². The Morgan fingerprint density at radius 1 is 1.03 bits per heavy atom. The lowest BCUT2D eigenvalue weighted by Gasteiger charge is -2.32. The van der Waals surface area contributed by atoms with Crippen LogP contribution in [0.5, 0.6) is 5.75 Å². The van der Waals surface area contributed by atoms with Crippen molar-refractivity contribution < 1.29 is 4.74 Å². The van der Waals surface area contributed by atoms with Crippen molar-refractivity contribution in [3.63, 3.8) is 0 Å². The number of aromatic nitrogens is 2. The highest BCUT2D eigenvalue weighted by Gasteiger charge is 2.21. The molecular weight excluding hydrogens is 494 g/mol. The van der Waals surface area contributed by atoms with E-state index in [-0.39, 0.29) is 23.9 Å². The fourth-order valence-corrected chi connectivity index (χ4v) is 4.93. The number of piperidine rings is 1. The van der Waals surface area contributed by atoms with Crippen LogP contribution in [0.2, 0.25) is 0 Å². The molecule has 0 radical (unpaired) electrons. The van der Waals surface area contributed by atoms with Crippen LogP contribution in [0.25, 0.3) is 0 Å². The van der Waals surface area contributed by atoms with Gasteiger partial charge < -0.3 is 9.72 Å². The highest BCUT2D eigenvalue weighted by molar-refractivity contribution is 9.10. The summed E-state index contributed by atoms with van der Waals surface area (Å²) >= 11 is 3.69. The smallest absolute Gasteiger partial charge is 0.328 e. The minimum absolute atomic E-state index is 0.157. The molecule has 1 aliphatic rings. The number of benzene rings is 2. The summed E-state index contributed by atoms with van der Waals surface area (Å²) in [6.45, 7) is 6.83. The van der Waals surface area contributed by atoms with Gasteiger partial charge in [-0.15, -0.1) is 0 Å². The summed E-state index contributed by atoms with van der Waals surface area (Å²) < 4.78 is 8.23. The first-order valence-corrected chi connectivity index (χ1v) is 12.7. The molecule has 34 heavy (non-hydrogen) atoms. The van der Waals surface area contributed by atoms with E-state index < -0.39 is 0 Å². The van der Waals surface area contributed by atoms with Gasteiger partial charge in [-0.1, -0.05) is 46.3 Å². The Morgan fingerprint density at radius 2 is 1.76 bits per heavy atom. The summed E-state index contributed by atoms with van der Waals surface area (Å²) in [6, 6.07) is 17.3. The number of likely N-dealkylation sites (tertiary alicyclic amines) is 1. The van der Waals surface area contributed by atoms with E-state index in [0.717, 1.165) is 48.1 Å². The lowest BCUT2D eigenvalue weighted by atomic mass is 9.90. The van der Waals surface area contributed by atoms with Gasteiger partial charge in [0.1, 0.15) is 5.75 Å². The lowest BCUT2D eigenvalue weighted by molar-refractivity contribution is 0.174. The molecule has 1 N–H and O–H groups in total. The standard InChI is InChI=1S/C27H32BrN3O3/c1-19(2)34-24-8-9-25(28)22(15-24)14-20-10-12-30(13-11-20)18-23-16-26(32)31(27(33)29-23)17-21-6-4-3-5-7-21/h3-9,15-16,19-20H,10-14,17-18H2,1-2H3,(H,29,33). The Labute approximate surface area is 208 Å². The monoisotopic (exact) mass is 525 g/mol. The molecule has 0 spiro atoms. The van der Waals surface area contributed by atoms with Crippen molar-refractivity contribution in [1.29, 1.82) is 0 Å². The van der Waals surface area contributed by atoms with Crippen LogP contribution >= 0.6 is 15.9 Å². The van der Waals surface area contributed by atoms with Gasteiger partial charge >= 0.3 is 5.69 Å². The molecular formula is C27H32BrN3O3. The molecule has 3 aromatic rings. The quantitative estimate of drug-likeness (QED) is 0.467. The third-order valence-corrected chi connectivity index (χ3v) is 7.03. The van der Waals surface area contributed by atoms with Crippen LogP contribution in [-0.2, 0) is 19.5 Å². The van der Waals surface area contributed by atoms with E-state index in [9.17, 15) is 9.59 Å². The number of hydrogen-bond donors (Lipinski definition) is 1. The van der Waals surface area contributed by atoms with Crippen LogP contribution in [-0.4, -0.2) is 33.6 Å². The molecule has 0 amide bonds. The molecule has 1 saturated heterocycles. The number of hydrogen-bond acceptors (Lipinski definition) is 4. The van der Waals surface area contributed by atoms with Gasteiger partial charge in [0.2, 0.25) is 0 Å². The summed E-state index contributed by atoms with van der Waals surface area (Å²) in [4.78, 5) is 30.4. The molecule has 0 aliphatic carbocycles. The van der Waals surface area contributed by atoms with Crippen LogP contribution in [0.1, 0.15) is 43.5 Å². The highest BCUT2D eigenvalue weighted by atomic mass is 79.9. The molecule has 0 bridgehead atoms. The van der Waals surface area contributed by atoms with Crippen LogP contribution < -0.4 is 16.0 Å². The summed E-state index contributed by atoms with van der Waals surface area (Å²) in [5.41, 5.74) is 2.28. The summed E-state index contributed by atoms with van der Waals surface area (Å²) in [6.07, 6.45) is 3.33. The predicted molar refractivity (Wildman–Crippen MR) is 138 cm³/mol. The van der Waals surface area contributed by atoms with Crippen molar-refractivity contribution in [2.24, 2.45) is 5.92 Å². The minimum atomic E-state index is -0.352. The van der Waals surface area contributed by atoms with Crippen LogP contribution in [0, 0.1) is 5.92 Å². The van der Waals surface area contributed by atoms with Crippen LogP contribution in [0.15, 0.2) is 68.7 Å². The molecule has 2 aromatic carbocycles. The van der Waals surface area contributed by atoms with Gasteiger partial charge in [0, 0.05) is 22.8 Å². The molecule has 0 atom stereocenters. The van der Waals surface area contributed by atoms with Crippen molar-refractivity contribution >= 4 is 15.9 Å². The average Bonchev–Trinajstić information content (AvgIpc) is 2.80. The second-order valence-corrected chi connectivity index (χ2v) is 10.2. The zero-order chi connectivity index (χ0) is 24.1. The minimum Gasteiger partial charge on any atom is -0.491 e. The van der Waals surface area contributed by atoms with E-state index in [4.69, 9.17) is 4.74 Å². The number of nitrogens with zero attached hydrogens (tertiary/aromatic N) is 2. The van der Waals surface area contributed by atoms with Crippen molar-refractivity contribution in [1.82, 2.24) is 14.5 Å². The second kappa shape index (κ2) is 11.2. The Bertz CT molecular complexity index is 1180. The van der Waals surface area contributed by atoms with E-state index in [1.54, 1.807) is 6.07 Å². The predicted octanol–water partition coefficient (Wildman–Crippen LogP) is 4.59. The largest absolute Gasteiger partial charge is 0.491 e. The fraction of sp³-hybridized carbons (Fsp3) is 0.407. The third-order valence-electron chi connectivity index (χ3n) is 6.26. The number of nitrogens with one attached hydrogen (secondary N) is 1. The third kappa shape index (κ3) is 6.48. The van der Waals surface area contributed by atoms with Gasteiger partial charge in [-0.05, 0) is 81.4 Å². The first-order chi connectivity index (χ1) is 16.4. The topological polar surface area (TPSA) is 67.3 Å². The molecule has 1 aliphatic heterocycles. The fourth-order valence-electron chi connectivity index (χ4n) is 4.52. The van der Waals surface area contributed by atoms with Crippen molar-refractivity contribution in [3.8, 4) is 5.75 Å². The van der Waals surface area contributed by atoms with Crippen LogP contribution in [0.4, 0.5) is 0 Å². The van der Waals surface area contributed by atoms with E-state index >= 15 is 0 Å². The highest BCUT2D eigenvalue weighted by Crippen LogP contribution is 2.29. The Morgan fingerprint density at radius 3 is 2.44 bits per heavy atom. The number of halogens is 1. The molecule has 4 rings (SSSR count). The number of ether oxygens (including phenoxy) is 1. The number of aromatic amines is 1. The Kier molecular flexibility index (Phi) is 8.06. The van der Waals surface area contributed by atoms with E-state index in [1.165, 1.54) is 10.1 Å². The first-order valence-electron chi connectivity index (χ1n) is 11.9. The Balaban J connectivity index is 1.34. The summed E-state index contributed by atoms with van der Waals surface area (Å²) in [5.74, 6) is 1.51. The van der Waals surface area contributed by atoms with E-state index in [2.05, 4.69) is 37.9 Å². The van der Waals surface area contributed by atoms with Crippen molar-refractivity contribution in [3.05, 3.63) is 96.7 Å². The molecule has 6 nitrogen and oxygen atoms in total. The van der Waals surface area contributed by atoms with Gasteiger partial charge in [0.25, 0.3) is 5.56 Å². The SMILES string of the molecule is CC(C)Oc1ccc(Br)c(CC2CCN(Cc3cc(=O)n(Cc4ccccc4)c(=O)[nH]3)CC2)c1. The molecule has 0 unspecified atom stereocenters.